The number of hydrogen-bond acceptors (Lipinski definition) is 4. The van der Waals surface area contributed by atoms with Crippen molar-refractivity contribution in [1.82, 2.24) is 9.88 Å². The monoisotopic (exact) mass is 319 g/mol. The van der Waals surface area contributed by atoms with Crippen molar-refractivity contribution in [2.75, 3.05) is 18.4 Å². The molecule has 2 amide bonds. The van der Waals surface area contributed by atoms with Crippen molar-refractivity contribution in [2.45, 2.75) is 46.1 Å². The number of aryl methyl sites for hydroxylation is 1. The van der Waals surface area contributed by atoms with E-state index < -0.39 is 5.60 Å². The largest absolute Gasteiger partial charge is 0.444 e. The van der Waals surface area contributed by atoms with Crippen LogP contribution < -0.4 is 5.32 Å². The first-order valence-corrected chi connectivity index (χ1v) is 7.93. The van der Waals surface area contributed by atoms with Crippen LogP contribution in [0.2, 0.25) is 0 Å². The Morgan fingerprint density at radius 1 is 1.43 bits per heavy atom. The van der Waals surface area contributed by atoms with Gasteiger partial charge in [0.25, 0.3) is 0 Å². The van der Waals surface area contributed by atoms with Crippen LogP contribution in [0.3, 0.4) is 0 Å². The van der Waals surface area contributed by atoms with Crippen LogP contribution >= 0.6 is 0 Å². The van der Waals surface area contributed by atoms with E-state index in [2.05, 4.69) is 10.3 Å². The quantitative estimate of drug-likeness (QED) is 0.929. The summed E-state index contributed by atoms with van der Waals surface area (Å²) in [5, 5.41) is 2.81. The molecule has 1 aliphatic heterocycles. The lowest BCUT2D eigenvalue weighted by atomic mass is 10.0. The molecule has 0 bridgehead atoms. The highest BCUT2D eigenvalue weighted by Crippen LogP contribution is 2.22. The number of pyridine rings is 1. The van der Waals surface area contributed by atoms with Crippen LogP contribution in [0.25, 0.3) is 0 Å². The Morgan fingerprint density at radius 3 is 2.83 bits per heavy atom. The van der Waals surface area contributed by atoms with Crippen molar-refractivity contribution < 1.29 is 14.3 Å². The maximum atomic E-state index is 12.1. The van der Waals surface area contributed by atoms with Crippen LogP contribution in [-0.4, -0.2) is 40.6 Å². The zero-order chi connectivity index (χ0) is 17.0. The third-order valence-corrected chi connectivity index (χ3v) is 3.59. The lowest BCUT2D eigenvalue weighted by Gasteiger charge is -2.24. The third-order valence-electron chi connectivity index (χ3n) is 3.59. The van der Waals surface area contributed by atoms with Crippen molar-refractivity contribution in [3.63, 3.8) is 0 Å². The Kier molecular flexibility index (Phi) is 5.23. The highest BCUT2D eigenvalue weighted by molar-refractivity contribution is 5.90. The molecule has 6 heteroatoms. The molecule has 0 spiro atoms. The van der Waals surface area contributed by atoms with E-state index in [1.54, 1.807) is 11.1 Å². The van der Waals surface area contributed by atoms with Gasteiger partial charge in [-0.05, 0) is 57.7 Å². The van der Waals surface area contributed by atoms with Gasteiger partial charge >= 0.3 is 6.09 Å². The lowest BCUT2D eigenvalue weighted by Crippen LogP contribution is -2.35. The molecule has 1 atom stereocenters. The van der Waals surface area contributed by atoms with Gasteiger partial charge in [-0.25, -0.2) is 9.78 Å². The fourth-order valence-corrected chi connectivity index (χ4v) is 2.55. The predicted molar refractivity (Wildman–Crippen MR) is 88.1 cm³/mol. The normalized spacial score (nSPS) is 17.9. The van der Waals surface area contributed by atoms with Gasteiger partial charge in [0.1, 0.15) is 11.4 Å². The Bertz CT molecular complexity index is 581. The summed E-state index contributed by atoms with van der Waals surface area (Å²) in [7, 11) is 0. The maximum Gasteiger partial charge on any atom is 0.410 e. The van der Waals surface area contributed by atoms with Gasteiger partial charge < -0.3 is 15.0 Å². The van der Waals surface area contributed by atoms with Gasteiger partial charge in [-0.1, -0.05) is 0 Å². The first kappa shape index (κ1) is 17.2. The maximum absolute atomic E-state index is 12.1. The average molecular weight is 319 g/mol. The molecule has 0 radical (unpaired) electrons. The highest BCUT2D eigenvalue weighted by atomic mass is 16.6. The number of carbonyl (C=O) groups is 2. The van der Waals surface area contributed by atoms with Gasteiger partial charge in [0.15, 0.2) is 0 Å². The molecule has 2 rings (SSSR count). The molecule has 1 aromatic heterocycles. The average Bonchev–Trinajstić information content (AvgIpc) is 2.85. The fraction of sp³-hybridized carbons (Fsp3) is 0.588. The molecule has 0 saturated carbocycles. The standard InChI is InChI=1S/C17H25N3O3/c1-12-5-7-18-14(9-12)19-15(21)10-13-6-8-20(11-13)16(22)23-17(2,3)4/h5,7,9,13H,6,8,10-11H2,1-4H3,(H,18,19,21)/t13-/m0/s1. The molecular weight excluding hydrogens is 294 g/mol. The van der Waals surface area contributed by atoms with E-state index in [-0.39, 0.29) is 17.9 Å². The first-order chi connectivity index (χ1) is 10.7. The second kappa shape index (κ2) is 6.98. The van der Waals surface area contributed by atoms with Gasteiger partial charge in [-0.15, -0.1) is 0 Å². The zero-order valence-corrected chi connectivity index (χ0v) is 14.3. The second-order valence-electron chi connectivity index (χ2n) is 7.05. The zero-order valence-electron chi connectivity index (χ0n) is 14.3. The molecule has 23 heavy (non-hydrogen) atoms. The molecule has 1 aliphatic rings. The van der Waals surface area contributed by atoms with Crippen LogP contribution in [0.4, 0.5) is 10.6 Å². The topological polar surface area (TPSA) is 71.5 Å². The molecule has 0 unspecified atom stereocenters. The van der Waals surface area contributed by atoms with E-state index in [9.17, 15) is 9.59 Å². The van der Waals surface area contributed by atoms with E-state index in [1.807, 2.05) is 39.8 Å². The third kappa shape index (κ3) is 5.54. The molecule has 1 saturated heterocycles. The van der Waals surface area contributed by atoms with Crippen LogP contribution in [0.15, 0.2) is 18.3 Å². The first-order valence-electron chi connectivity index (χ1n) is 7.93. The summed E-state index contributed by atoms with van der Waals surface area (Å²) in [5.41, 5.74) is 0.552. The Morgan fingerprint density at radius 2 is 2.17 bits per heavy atom. The van der Waals surface area contributed by atoms with Crippen LogP contribution in [0.5, 0.6) is 0 Å². The van der Waals surface area contributed by atoms with Crippen LogP contribution in [0, 0.1) is 12.8 Å². The number of carbonyl (C=O) groups excluding carboxylic acids is 2. The number of likely N-dealkylation sites (tertiary alicyclic amines) is 1. The number of nitrogens with zero attached hydrogens (tertiary/aromatic N) is 2. The molecule has 126 valence electrons. The summed E-state index contributed by atoms with van der Waals surface area (Å²) < 4.78 is 5.36. The molecular formula is C17H25N3O3. The Labute approximate surface area is 137 Å². The van der Waals surface area contributed by atoms with Crippen LogP contribution in [-0.2, 0) is 9.53 Å². The minimum atomic E-state index is -0.497. The molecule has 1 fully saturated rings. The summed E-state index contributed by atoms with van der Waals surface area (Å²) in [4.78, 5) is 29.9. The number of rotatable bonds is 3. The lowest BCUT2D eigenvalue weighted by molar-refractivity contribution is -0.117. The molecule has 0 aliphatic carbocycles. The smallest absolute Gasteiger partial charge is 0.410 e. The summed E-state index contributed by atoms with van der Waals surface area (Å²) in [6, 6.07) is 3.71. The number of hydrogen-bond donors (Lipinski definition) is 1. The minimum Gasteiger partial charge on any atom is -0.444 e. The van der Waals surface area contributed by atoms with Gasteiger partial charge in [-0.3, -0.25) is 4.79 Å². The van der Waals surface area contributed by atoms with Gasteiger partial charge in [0.2, 0.25) is 5.91 Å². The summed E-state index contributed by atoms with van der Waals surface area (Å²) in [6.45, 7) is 8.69. The van der Waals surface area contributed by atoms with Gasteiger partial charge in [-0.2, -0.15) is 0 Å². The number of amides is 2. The number of nitrogens with one attached hydrogen (secondary N) is 1. The Hall–Kier alpha value is -2.11. The van der Waals surface area contributed by atoms with Crippen molar-refractivity contribution in [3.8, 4) is 0 Å². The molecule has 2 heterocycles. The van der Waals surface area contributed by atoms with Crippen molar-refractivity contribution in [3.05, 3.63) is 23.9 Å². The molecule has 1 N–H and O–H groups in total. The van der Waals surface area contributed by atoms with E-state index >= 15 is 0 Å². The van der Waals surface area contributed by atoms with Crippen molar-refractivity contribution >= 4 is 17.8 Å². The second-order valence-corrected chi connectivity index (χ2v) is 7.05. The van der Waals surface area contributed by atoms with E-state index in [1.165, 1.54) is 0 Å². The summed E-state index contributed by atoms with van der Waals surface area (Å²) in [5.74, 6) is 0.656. The Balaban J connectivity index is 1.81. The molecule has 6 nitrogen and oxygen atoms in total. The van der Waals surface area contributed by atoms with Gasteiger partial charge in [0.05, 0.1) is 0 Å². The van der Waals surface area contributed by atoms with Crippen LogP contribution in [0.1, 0.15) is 39.2 Å². The minimum absolute atomic E-state index is 0.0702. The number of anilines is 1. The van der Waals surface area contributed by atoms with E-state index in [0.29, 0.717) is 25.3 Å². The molecule has 0 aromatic carbocycles. The summed E-state index contributed by atoms with van der Waals surface area (Å²) >= 11 is 0. The predicted octanol–water partition coefficient (Wildman–Crippen LogP) is 2.98. The van der Waals surface area contributed by atoms with Crippen molar-refractivity contribution in [2.24, 2.45) is 5.92 Å². The van der Waals surface area contributed by atoms with Crippen molar-refractivity contribution in [1.29, 1.82) is 0 Å². The fourth-order valence-electron chi connectivity index (χ4n) is 2.55. The summed E-state index contributed by atoms with van der Waals surface area (Å²) in [6.07, 6.45) is 2.56. The number of ether oxygens (including phenoxy) is 1. The SMILES string of the molecule is Cc1ccnc(NC(=O)C[C@@H]2CCN(C(=O)OC(C)(C)C)C2)c1. The van der Waals surface area contributed by atoms with E-state index in [0.717, 1.165) is 12.0 Å². The molecule has 1 aromatic rings. The number of aromatic nitrogens is 1. The van der Waals surface area contributed by atoms with E-state index in [4.69, 9.17) is 4.74 Å². The highest BCUT2D eigenvalue weighted by Gasteiger charge is 2.30. The van der Waals surface area contributed by atoms with Gasteiger partial charge in [0, 0.05) is 25.7 Å².